The lowest BCUT2D eigenvalue weighted by molar-refractivity contribution is -1.09. The summed E-state index contributed by atoms with van der Waals surface area (Å²) in [6.07, 6.45) is 0. The Hall–Kier alpha value is -0.160. The molecule has 0 atom stereocenters. The van der Waals surface area contributed by atoms with Gasteiger partial charge in [0.05, 0.1) is 18.1 Å². The molecule has 6 saturated heterocycles. The molecule has 146 valence electrons. The second-order valence-electron chi connectivity index (χ2n) is 11.8. The largest absolute Gasteiger partial charge is 0.321 e. The molecule has 6 rings (SSSR count). The Bertz CT molecular complexity index is 439. The van der Waals surface area contributed by atoms with Crippen molar-refractivity contribution in [2.45, 2.75) is 52.6 Å². The molecular weight excluding hydrogens is 308 g/mol. The Morgan fingerprint density at radius 3 is 1.12 bits per heavy atom. The van der Waals surface area contributed by atoms with Gasteiger partial charge >= 0.3 is 0 Å². The maximum Gasteiger partial charge on any atom is 0.129 e. The summed E-state index contributed by atoms with van der Waals surface area (Å²) in [5, 5.41) is 0. The third-order valence-corrected chi connectivity index (χ3v) is 8.73. The monoisotopic (exact) mass is 354 g/mol. The molecule has 6 aliphatic rings. The summed E-state index contributed by atoms with van der Waals surface area (Å²) in [7, 11) is 2.43. The molecule has 6 fully saturated rings. The van der Waals surface area contributed by atoms with Crippen molar-refractivity contribution in [1.29, 1.82) is 0 Å². The molecule has 0 amide bonds. The van der Waals surface area contributed by atoms with E-state index in [1.165, 1.54) is 92.0 Å². The van der Waals surface area contributed by atoms with Crippen LogP contribution in [0.25, 0.3) is 0 Å². The third-order valence-electron chi connectivity index (χ3n) is 8.73. The van der Waals surface area contributed by atoms with Crippen molar-refractivity contribution >= 4 is 0 Å². The van der Waals surface area contributed by atoms with E-state index in [2.05, 4.69) is 48.6 Å². The van der Waals surface area contributed by atoms with Gasteiger partial charge in [0.1, 0.15) is 78.5 Å². The third kappa shape index (κ3) is 3.52. The highest BCUT2D eigenvalue weighted by Gasteiger charge is 2.52. The molecule has 0 unspecified atom stereocenters. The number of nitrogens with zero attached hydrogens (tertiary/aromatic N) is 3. The zero-order valence-corrected chi connectivity index (χ0v) is 18.3. The van der Waals surface area contributed by atoms with Crippen molar-refractivity contribution in [2.75, 3.05) is 85.6 Å². The van der Waals surface area contributed by atoms with E-state index < -0.39 is 0 Å². The van der Waals surface area contributed by atoms with Crippen molar-refractivity contribution in [3.63, 3.8) is 0 Å². The van der Waals surface area contributed by atoms with Crippen LogP contribution in [-0.2, 0) is 0 Å². The molecule has 4 heteroatoms. The van der Waals surface area contributed by atoms with Crippen LogP contribution in [0.3, 0.4) is 0 Å². The van der Waals surface area contributed by atoms with E-state index >= 15 is 0 Å². The fraction of sp³-hybridized carbons (Fsp3) is 1.00. The van der Waals surface area contributed by atoms with Crippen molar-refractivity contribution in [1.82, 2.24) is 0 Å². The van der Waals surface area contributed by atoms with Crippen LogP contribution in [0.15, 0.2) is 0 Å². The van der Waals surface area contributed by atoms with E-state index in [1.54, 1.807) is 0 Å². The SMILES string of the molecule is CC(C)(C)[N+]12CC[N+](C)(CC1)CC2.CC(C)(C)[N+]12CC[NH+](CC1)CC2. The van der Waals surface area contributed by atoms with E-state index in [4.69, 9.17) is 0 Å². The van der Waals surface area contributed by atoms with Crippen molar-refractivity contribution < 1.29 is 18.3 Å². The molecule has 0 aliphatic carbocycles. The lowest BCUT2D eigenvalue weighted by Crippen LogP contribution is -3.19. The molecule has 0 aromatic carbocycles. The zero-order chi connectivity index (χ0) is 18.6. The summed E-state index contributed by atoms with van der Waals surface area (Å²) in [4.78, 5) is 1.85. The fourth-order valence-electron chi connectivity index (χ4n) is 5.81. The molecule has 0 aromatic heterocycles. The summed E-state index contributed by atoms with van der Waals surface area (Å²) in [6, 6.07) is 0. The van der Waals surface area contributed by atoms with Gasteiger partial charge in [-0.2, -0.15) is 0 Å². The molecule has 6 aliphatic heterocycles. The van der Waals surface area contributed by atoms with E-state index in [1.807, 2.05) is 4.90 Å². The first-order valence-electron chi connectivity index (χ1n) is 10.8. The quantitative estimate of drug-likeness (QED) is 0.608. The average molecular weight is 355 g/mol. The fourth-order valence-corrected chi connectivity index (χ4v) is 5.81. The Balaban J connectivity index is 0.000000146. The number of nitrogens with one attached hydrogen (secondary N) is 1. The summed E-state index contributed by atoms with van der Waals surface area (Å²) >= 11 is 0. The van der Waals surface area contributed by atoms with Gasteiger partial charge < -0.3 is 18.3 Å². The zero-order valence-electron chi connectivity index (χ0n) is 18.3. The van der Waals surface area contributed by atoms with Crippen LogP contribution in [-0.4, -0.2) is 110 Å². The minimum atomic E-state index is 0.464. The second-order valence-corrected chi connectivity index (χ2v) is 11.8. The van der Waals surface area contributed by atoms with Gasteiger partial charge in [-0.1, -0.05) is 0 Å². The predicted molar refractivity (Wildman–Crippen MR) is 106 cm³/mol. The maximum atomic E-state index is 2.43. The van der Waals surface area contributed by atoms with Gasteiger partial charge in [-0.3, -0.25) is 0 Å². The van der Waals surface area contributed by atoms with Crippen LogP contribution in [0.5, 0.6) is 0 Å². The second kappa shape index (κ2) is 6.19. The van der Waals surface area contributed by atoms with Crippen molar-refractivity contribution in [3.05, 3.63) is 0 Å². The summed E-state index contributed by atoms with van der Waals surface area (Å²) < 4.78 is 4.10. The Morgan fingerprint density at radius 1 is 0.520 bits per heavy atom. The van der Waals surface area contributed by atoms with Crippen LogP contribution in [0, 0.1) is 0 Å². The number of quaternary nitrogens is 4. The topological polar surface area (TPSA) is 4.44 Å². The minimum Gasteiger partial charge on any atom is -0.321 e. The number of rotatable bonds is 0. The Morgan fingerprint density at radius 2 is 0.840 bits per heavy atom. The Kier molecular flexibility index (Phi) is 4.85. The highest BCUT2D eigenvalue weighted by atomic mass is 15.5. The maximum absolute atomic E-state index is 2.43. The van der Waals surface area contributed by atoms with Gasteiger partial charge in [0.15, 0.2) is 0 Å². The van der Waals surface area contributed by atoms with E-state index in [0.29, 0.717) is 11.1 Å². The molecule has 0 saturated carbocycles. The lowest BCUT2D eigenvalue weighted by Gasteiger charge is -2.59. The van der Waals surface area contributed by atoms with Gasteiger partial charge in [-0.25, -0.2) is 0 Å². The normalized spacial score (nSPS) is 43.6. The first kappa shape index (κ1) is 19.6. The molecule has 0 spiro atoms. The number of fused-ring (bicyclic) bond motifs is 6. The van der Waals surface area contributed by atoms with Gasteiger partial charge in [0, 0.05) is 0 Å². The minimum absolute atomic E-state index is 0.464. The smallest absolute Gasteiger partial charge is 0.129 e. The molecule has 0 aromatic rings. The molecule has 1 N–H and O–H groups in total. The molecule has 25 heavy (non-hydrogen) atoms. The highest BCUT2D eigenvalue weighted by molar-refractivity contribution is 4.71. The molecule has 4 nitrogen and oxygen atoms in total. The number of hydrogen-bond acceptors (Lipinski definition) is 0. The van der Waals surface area contributed by atoms with E-state index in [-0.39, 0.29) is 0 Å². The van der Waals surface area contributed by atoms with E-state index in [9.17, 15) is 0 Å². The lowest BCUT2D eigenvalue weighted by atomic mass is 9.95. The summed E-state index contributed by atoms with van der Waals surface area (Å²) in [5.41, 5.74) is 0.942. The molecule has 4 bridgehead atoms. The molecule has 6 heterocycles. The van der Waals surface area contributed by atoms with Crippen LogP contribution < -0.4 is 4.90 Å². The molecular formula is C21H46N4+4. The first-order valence-corrected chi connectivity index (χ1v) is 10.8. The van der Waals surface area contributed by atoms with Gasteiger partial charge in [-0.15, -0.1) is 0 Å². The van der Waals surface area contributed by atoms with Gasteiger partial charge in [-0.05, 0) is 41.5 Å². The van der Waals surface area contributed by atoms with Gasteiger partial charge in [0.2, 0.25) is 0 Å². The highest BCUT2D eigenvalue weighted by Crippen LogP contribution is 2.33. The predicted octanol–water partition coefficient (Wildman–Crippen LogP) is 0.589. The summed E-state index contributed by atoms with van der Waals surface area (Å²) in [5.74, 6) is 0. The standard InChI is InChI=1S/C11H24N2.C10H21N2/c1-11(2,3)13-8-5-12(4,6-9-13)7-10-13;1-10(2,3)12-7-4-11(5-8-12)6-9-12/h5-10H2,1-4H3;4-9H2,1-3H3/q+2;+1/p+1. The van der Waals surface area contributed by atoms with Crippen LogP contribution >= 0.6 is 0 Å². The van der Waals surface area contributed by atoms with Crippen molar-refractivity contribution in [3.8, 4) is 0 Å². The first-order chi connectivity index (χ1) is 11.4. The number of likely N-dealkylation sites (N-methyl/N-ethyl adjacent to an activating group) is 1. The Labute approximate surface area is 157 Å². The van der Waals surface area contributed by atoms with Crippen molar-refractivity contribution in [2.24, 2.45) is 0 Å². The van der Waals surface area contributed by atoms with E-state index in [0.717, 1.165) is 0 Å². The van der Waals surface area contributed by atoms with Gasteiger partial charge in [0.25, 0.3) is 0 Å². The average Bonchev–Trinajstić information content (AvgIpc) is 2.56. The van der Waals surface area contributed by atoms with Crippen LogP contribution in [0.1, 0.15) is 41.5 Å². The number of hydrogen-bond donors (Lipinski definition) is 1. The molecule has 0 radical (unpaired) electrons. The summed E-state index contributed by atoms with van der Waals surface area (Å²) in [6.45, 7) is 31.3. The number of piperazine rings is 6. The van der Waals surface area contributed by atoms with Crippen LogP contribution in [0.4, 0.5) is 0 Å². The van der Waals surface area contributed by atoms with Crippen LogP contribution in [0.2, 0.25) is 0 Å².